The molecule has 0 radical (unpaired) electrons. The molecule has 22 heavy (non-hydrogen) atoms. The van der Waals surface area contributed by atoms with Crippen LogP contribution in [-0.4, -0.2) is 39.7 Å². The molecule has 0 saturated heterocycles. The highest BCUT2D eigenvalue weighted by Crippen LogP contribution is 2.32. The molecular formula is C12H19F3NO5S+. The lowest BCUT2D eigenvalue weighted by Crippen LogP contribution is -2.37. The normalized spacial score (nSPS) is 19.8. The van der Waals surface area contributed by atoms with Gasteiger partial charge in [-0.1, -0.05) is 0 Å². The summed E-state index contributed by atoms with van der Waals surface area (Å²) in [5.41, 5.74) is -6.06. The van der Waals surface area contributed by atoms with Crippen LogP contribution in [0.4, 0.5) is 18.0 Å². The van der Waals surface area contributed by atoms with E-state index in [0.717, 1.165) is 0 Å². The molecule has 10 heteroatoms. The standard InChI is InChI=1S/C12H18F3NO5S/c1-11(2,3)20-10(17)16-7-4-5-9(6-8-16)21-22(18,19)12(13,14)15/h5H,4,6-8H2,1-3H3/p+1. The molecule has 0 bridgehead atoms. The topological polar surface area (TPSA) is 76.1 Å². The maximum atomic E-state index is 12.3. The van der Waals surface area contributed by atoms with Crippen LogP contribution >= 0.6 is 0 Å². The molecule has 1 heterocycles. The number of nitrogens with zero attached hydrogens (tertiary/aromatic N) is 1. The second-order valence-electron chi connectivity index (χ2n) is 5.68. The average Bonchev–Trinajstić information content (AvgIpc) is 2.50. The van der Waals surface area contributed by atoms with E-state index in [0.29, 0.717) is 0 Å². The van der Waals surface area contributed by atoms with Gasteiger partial charge in [0, 0.05) is 19.5 Å². The number of rotatable bonds is 2. The summed E-state index contributed by atoms with van der Waals surface area (Å²) in [5, 5.41) is 0. The maximum absolute atomic E-state index is 12.3. The Morgan fingerprint density at radius 1 is 1.32 bits per heavy atom. The lowest BCUT2D eigenvalue weighted by atomic mass is 10.2. The molecule has 1 atom stereocenters. The third-order valence-corrected chi connectivity index (χ3v) is 3.59. The fourth-order valence-corrected chi connectivity index (χ4v) is 2.15. The summed E-state index contributed by atoms with van der Waals surface area (Å²) in [5.74, 6) is -0.268. The third-order valence-electron chi connectivity index (χ3n) is 2.56. The Morgan fingerprint density at radius 3 is 2.41 bits per heavy atom. The minimum Gasteiger partial charge on any atom is -0.444 e. The van der Waals surface area contributed by atoms with Crippen molar-refractivity contribution in [3.05, 3.63) is 11.8 Å². The first-order chi connectivity index (χ1) is 9.82. The molecule has 1 unspecified atom stereocenters. The fraction of sp³-hybridized carbons (Fsp3) is 0.750. The van der Waals surface area contributed by atoms with Gasteiger partial charge in [0.2, 0.25) is 0 Å². The van der Waals surface area contributed by atoms with Gasteiger partial charge in [0.1, 0.15) is 5.60 Å². The van der Waals surface area contributed by atoms with Gasteiger partial charge in [-0.25, -0.2) is 4.79 Å². The molecule has 0 fully saturated rings. The lowest BCUT2D eigenvalue weighted by molar-refractivity contribution is -0.0606. The van der Waals surface area contributed by atoms with Gasteiger partial charge in [0.05, 0.1) is 0 Å². The maximum Gasteiger partial charge on any atom is 0.650 e. The van der Waals surface area contributed by atoms with Crippen LogP contribution in [0, 0.1) is 0 Å². The summed E-state index contributed by atoms with van der Waals surface area (Å²) >= 11 is 0. The number of hydrogen-bond acceptors (Lipinski definition) is 4. The molecule has 1 amide bonds. The van der Waals surface area contributed by atoms with Gasteiger partial charge in [-0.05, 0) is 37.5 Å². The molecule has 0 aromatic carbocycles. The van der Waals surface area contributed by atoms with Crippen molar-refractivity contribution in [2.24, 2.45) is 0 Å². The van der Waals surface area contributed by atoms with Gasteiger partial charge in [0.15, 0.2) is 5.76 Å². The van der Waals surface area contributed by atoms with E-state index >= 15 is 0 Å². The minimum atomic E-state index is -5.43. The highest BCUT2D eigenvalue weighted by atomic mass is 32.3. The second kappa shape index (κ2) is 6.45. The number of carbonyl (C=O) groups is 1. The van der Waals surface area contributed by atoms with E-state index in [-0.39, 0.29) is 31.7 Å². The van der Waals surface area contributed by atoms with Gasteiger partial charge in [-0.3, -0.25) is 4.18 Å². The van der Waals surface area contributed by atoms with Crippen LogP contribution in [0.25, 0.3) is 0 Å². The first-order valence-corrected chi connectivity index (χ1v) is 7.95. The zero-order valence-electron chi connectivity index (χ0n) is 12.5. The monoisotopic (exact) mass is 346 g/mol. The van der Waals surface area contributed by atoms with Crippen molar-refractivity contribution < 1.29 is 35.6 Å². The van der Waals surface area contributed by atoms with Gasteiger partial charge in [-0.15, -0.1) is 17.7 Å². The molecule has 1 rings (SSSR count). The van der Waals surface area contributed by atoms with Crippen LogP contribution in [0.3, 0.4) is 0 Å². The van der Waals surface area contributed by atoms with Crippen molar-refractivity contribution in [1.29, 1.82) is 0 Å². The molecular weight excluding hydrogens is 327 g/mol. The van der Waals surface area contributed by atoms with E-state index in [1.54, 1.807) is 20.8 Å². The van der Waals surface area contributed by atoms with Crippen molar-refractivity contribution in [3.63, 3.8) is 0 Å². The number of halogens is 3. The molecule has 6 nitrogen and oxygen atoms in total. The first-order valence-electron chi connectivity index (χ1n) is 6.51. The quantitative estimate of drug-likeness (QED) is 0.776. The average molecular weight is 346 g/mol. The van der Waals surface area contributed by atoms with E-state index in [4.69, 9.17) is 9.29 Å². The minimum absolute atomic E-state index is 0.0358. The zero-order valence-corrected chi connectivity index (χ0v) is 13.3. The van der Waals surface area contributed by atoms with Crippen LogP contribution in [-0.2, 0) is 23.6 Å². The Morgan fingerprint density at radius 2 is 1.91 bits per heavy atom. The first kappa shape index (κ1) is 18.8. The van der Waals surface area contributed by atoms with E-state index in [2.05, 4.69) is 4.18 Å². The molecule has 1 N–H and O–H groups in total. The van der Waals surface area contributed by atoms with Crippen LogP contribution in [0.2, 0.25) is 0 Å². The Balaban J connectivity index is 2.64. The Bertz CT molecular complexity index is 498. The second-order valence-corrected chi connectivity index (χ2v) is 7.26. The lowest BCUT2D eigenvalue weighted by Gasteiger charge is -2.26. The summed E-state index contributed by atoms with van der Waals surface area (Å²) in [6.45, 7) is 5.34. The summed E-state index contributed by atoms with van der Waals surface area (Å²) in [6.07, 6.45) is 0.767. The number of ether oxygens (including phenoxy) is 1. The van der Waals surface area contributed by atoms with Crippen LogP contribution in [0.1, 0.15) is 33.6 Å². The Kier molecular flexibility index (Phi) is 5.50. The molecule has 0 saturated carbocycles. The van der Waals surface area contributed by atoms with Crippen molar-refractivity contribution >= 4 is 16.6 Å². The zero-order chi connectivity index (χ0) is 17.2. The molecule has 0 aliphatic carbocycles. The van der Waals surface area contributed by atoms with E-state index in [1.165, 1.54) is 11.0 Å². The van der Waals surface area contributed by atoms with Crippen LogP contribution in [0.15, 0.2) is 11.8 Å². The van der Waals surface area contributed by atoms with Crippen molar-refractivity contribution in [1.82, 2.24) is 4.90 Å². The van der Waals surface area contributed by atoms with Gasteiger partial charge in [-0.2, -0.15) is 0 Å². The SMILES string of the molecule is CC(C)(C)OC(=O)N1CCC=C(O[S+](=O)(O)C(F)(F)F)CC1. The Labute approximate surface area is 127 Å². The molecule has 1 aliphatic heterocycles. The third kappa shape index (κ3) is 5.48. The highest BCUT2D eigenvalue weighted by Gasteiger charge is 2.63. The molecule has 1 aliphatic rings. The number of carbonyl (C=O) groups excluding carboxylic acids is 1. The van der Waals surface area contributed by atoms with Gasteiger partial charge in [0.25, 0.3) is 0 Å². The van der Waals surface area contributed by atoms with Gasteiger partial charge >= 0.3 is 22.1 Å². The van der Waals surface area contributed by atoms with Crippen molar-refractivity contribution in [2.75, 3.05) is 13.1 Å². The molecule has 0 spiro atoms. The van der Waals surface area contributed by atoms with E-state index in [1.807, 2.05) is 0 Å². The number of alkyl halides is 3. The highest BCUT2D eigenvalue weighted by molar-refractivity contribution is 7.94. The summed E-state index contributed by atoms with van der Waals surface area (Å²) in [4.78, 5) is 13.2. The Hall–Kier alpha value is -1.29. The van der Waals surface area contributed by atoms with E-state index in [9.17, 15) is 22.2 Å². The smallest absolute Gasteiger partial charge is 0.444 e. The summed E-state index contributed by atoms with van der Waals surface area (Å²) < 4.78 is 66.2. The predicted octanol–water partition coefficient (Wildman–Crippen LogP) is 3.33. The van der Waals surface area contributed by atoms with Gasteiger partial charge < -0.3 is 9.64 Å². The summed E-state index contributed by atoms with van der Waals surface area (Å²) in [7, 11) is -5.43. The largest absolute Gasteiger partial charge is 0.650 e. The summed E-state index contributed by atoms with van der Waals surface area (Å²) in [6, 6.07) is 0. The molecule has 128 valence electrons. The van der Waals surface area contributed by atoms with Crippen LogP contribution < -0.4 is 0 Å². The molecule has 0 aromatic heterocycles. The number of hydrogen-bond donors (Lipinski definition) is 1. The van der Waals surface area contributed by atoms with Crippen LogP contribution in [0.5, 0.6) is 0 Å². The molecule has 0 aromatic rings. The van der Waals surface area contributed by atoms with Crippen molar-refractivity contribution in [2.45, 2.75) is 44.7 Å². The van der Waals surface area contributed by atoms with E-state index < -0.39 is 27.7 Å². The number of amides is 1. The van der Waals surface area contributed by atoms with Crippen molar-refractivity contribution in [3.8, 4) is 0 Å². The predicted molar refractivity (Wildman–Crippen MR) is 72.9 cm³/mol. The fourth-order valence-electron chi connectivity index (χ4n) is 1.62.